The molecule has 2 saturated heterocycles. The Hall–Kier alpha value is -6.70. The summed E-state index contributed by atoms with van der Waals surface area (Å²) in [5.41, 5.74) is 6.39. The molecule has 3 aliphatic rings. The molecule has 2 aromatic heterocycles. The van der Waals surface area contributed by atoms with E-state index in [1.165, 1.54) is 14.2 Å². The first-order valence-corrected chi connectivity index (χ1v) is 21.9. The van der Waals surface area contributed by atoms with Gasteiger partial charge in [0.25, 0.3) is 5.91 Å². The lowest BCUT2D eigenvalue weighted by Gasteiger charge is -2.36. The quantitative estimate of drug-likeness (QED) is 0.106. The molecule has 4 heterocycles. The third-order valence-electron chi connectivity index (χ3n) is 13.7. The number of carbonyl (C=O) groups excluding carboxylic acids is 4. The molecule has 63 heavy (non-hydrogen) atoms. The van der Waals surface area contributed by atoms with Crippen LogP contribution in [0.2, 0.25) is 0 Å². The second kappa shape index (κ2) is 16.9. The number of amides is 4. The van der Waals surface area contributed by atoms with E-state index < -0.39 is 24.3 Å². The molecule has 0 unspecified atom stereocenters. The number of alkyl carbamates (subject to hydrolysis) is 2. The maximum atomic E-state index is 14.3. The highest BCUT2D eigenvalue weighted by Gasteiger charge is 2.51. The predicted molar refractivity (Wildman–Crippen MR) is 239 cm³/mol. The van der Waals surface area contributed by atoms with E-state index >= 15 is 0 Å². The number of piperidine rings is 1. The van der Waals surface area contributed by atoms with Gasteiger partial charge in [0.05, 0.1) is 49.2 Å². The molecule has 2 aliphatic heterocycles. The molecule has 4 N–H and O–H groups in total. The summed E-state index contributed by atoms with van der Waals surface area (Å²) < 4.78 is 9.74. The zero-order chi connectivity index (χ0) is 44.1. The molecule has 4 aromatic carbocycles. The van der Waals surface area contributed by atoms with Gasteiger partial charge in [-0.25, -0.2) is 19.6 Å². The number of rotatable bonds is 10. The minimum absolute atomic E-state index is 0.0442. The molecule has 2 bridgehead atoms. The first kappa shape index (κ1) is 41.6. The SMILES string of the molecule is COC(=O)N[C@H](C(=O)N1[C@H](C)[C@H](C)C[C@H]1c1nc2c(ccc3cc(-c4ccc(-c5cnc([C@@H]6[C@H]7CC[C@H](C7)N6C(=O)[C@H](NC(=O)OC)c6ccccc6)[nH]5)cc4)ccc32)[nH]1)C(C)C. The molecule has 14 nitrogen and oxygen atoms in total. The van der Waals surface area contributed by atoms with Gasteiger partial charge in [-0.2, -0.15) is 0 Å². The largest absolute Gasteiger partial charge is 0.453 e. The first-order chi connectivity index (χ1) is 30.4. The summed E-state index contributed by atoms with van der Waals surface area (Å²) in [7, 11) is 2.60. The number of hydrogen-bond acceptors (Lipinski definition) is 8. The normalized spacial score (nSPS) is 22.7. The maximum absolute atomic E-state index is 14.3. The Labute approximate surface area is 366 Å². The van der Waals surface area contributed by atoms with Crippen molar-refractivity contribution < 1.29 is 28.7 Å². The second-order valence-corrected chi connectivity index (χ2v) is 17.7. The van der Waals surface area contributed by atoms with Crippen LogP contribution < -0.4 is 10.6 Å². The van der Waals surface area contributed by atoms with Crippen molar-refractivity contribution in [2.24, 2.45) is 17.8 Å². The number of hydrogen-bond donors (Lipinski definition) is 4. The Morgan fingerprint density at radius 1 is 0.762 bits per heavy atom. The fraction of sp³-hybridized carbons (Fsp3) is 0.388. The molecule has 1 aliphatic carbocycles. The molecule has 0 spiro atoms. The number of likely N-dealkylation sites (tertiary alicyclic amines) is 2. The van der Waals surface area contributed by atoms with Crippen molar-refractivity contribution in [3.8, 4) is 22.4 Å². The Kier molecular flexibility index (Phi) is 11.2. The lowest BCUT2D eigenvalue weighted by molar-refractivity contribution is -0.138. The van der Waals surface area contributed by atoms with Gasteiger partial charge in [-0.1, -0.05) is 93.6 Å². The average molecular weight is 851 g/mol. The number of aromatic amines is 2. The van der Waals surface area contributed by atoms with Gasteiger partial charge in [0.2, 0.25) is 5.91 Å². The van der Waals surface area contributed by atoms with Gasteiger partial charge in [-0.15, -0.1) is 0 Å². The van der Waals surface area contributed by atoms with Crippen LogP contribution in [0.5, 0.6) is 0 Å². The number of nitrogens with zero attached hydrogens (tertiary/aromatic N) is 4. The summed E-state index contributed by atoms with van der Waals surface area (Å²) in [4.78, 5) is 73.9. The molecular weight excluding hydrogens is 797 g/mol. The van der Waals surface area contributed by atoms with Crippen molar-refractivity contribution in [3.05, 3.63) is 108 Å². The van der Waals surface area contributed by atoms with Crippen LogP contribution in [-0.2, 0) is 19.1 Å². The zero-order valence-corrected chi connectivity index (χ0v) is 36.4. The van der Waals surface area contributed by atoms with E-state index in [-0.39, 0.29) is 53.7 Å². The molecule has 1 saturated carbocycles. The summed E-state index contributed by atoms with van der Waals surface area (Å²) in [6.45, 7) is 8.04. The number of imidazole rings is 2. The standard InChI is InChI=1S/C49H54N8O6/c1-26(2)40(54-48(60)62-5)46(58)56-28(4)27(3)22-39(56)44-51-37-21-18-33-23-32(17-20-36(33)42(37)53-44)29-12-14-30(15-13-29)38-25-50-45(52-38)43-34-16-19-35(24-34)57(43)47(59)41(55-49(61)63-6)31-10-8-7-9-11-31/h7-15,17-18,20-21,23,25-28,34-35,39-41,43H,16,19,22,24H2,1-6H3,(H,50,52)(H,51,53)(H,54,60)(H,55,61)/t27-,28-,34+,35-,39+,40+,41-,43+/m1/s1. The fourth-order valence-corrected chi connectivity index (χ4v) is 10.2. The van der Waals surface area contributed by atoms with Gasteiger partial charge in [0, 0.05) is 17.5 Å². The Morgan fingerprint density at radius 3 is 2.21 bits per heavy atom. The van der Waals surface area contributed by atoms with E-state index in [0.717, 1.165) is 81.5 Å². The van der Waals surface area contributed by atoms with E-state index in [1.807, 2.05) is 66.2 Å². The highest BCUT2D eigenvalue weighted by Crippen LogP contribution is 2.51. The van der Waals surface area contributed by atoms with Crippen molar-refractivity contribution in [2.45, 2.75) is 89.6 Å². The van der Waals surface area contributed by atoms with E-state index in [9.17, 15) is 19.2 Å². The van der Waals surface area contributed by atoms with E-state index in [1.54, 1.807) is 0 Å². The Morgan fingerprint density at radius 2 is 1.48 bits per heavy atom. The van der Waals surface area contributed by atoms with Gasteiger partial charge < -0.3 is 39.9 Å². The summed E-state index contributed by atoms with van der Waals surface area (Å²) in [5, 5.41) is 7.58. The third kappa shape index (κ3) is 7.65. The van der Waals surface area contributed by atoms with Gasteiger partial charge >= 0.3 is 12.2 Å². The Balaban J connectivity index is 0.941. The lowest BCUT2D eigenvalue weighted by Crippen LogP contribution is -2.53. The fourth-order valence-electron chi connectivity index (χ4n) is 10.2. The average Bonchev–Trinajstić information content (AvgIpc) is 4.16. The molecule has 9 rings (SSSR count). The van der Waals surface area contributed by atoms with Gasteiger partial charge in [-0.3, -0.25) is 9.59 Å². The first-order valence-electron chi connectivity index (χ1n) is 21.9. The minimum Gasteiger partial charge on any atom is -0.453 e. The predicted octanol–water partition coefficient (Wildman–Crippen LogP) is 8.60. The number of aromatic nitrogens is 4. The second-order valence-electron chi connectivity index (χ2n) is 17.7. The van der Waals surface area contributed by atoms with Crippen LogP contribution in [0.15, 0.2) is 91.1 Å². The summed E-state index contributed by atoms with van der Waals surface area (Å²) in [5.74, 6) is 1.53. The molecule has 4 amide bonds. The molecular formula is C49H54N8O6. The third-order valence-corrected chi connectivity index (χ3v) is 13.7. The van der Waals surface area contributed by atoms with Crippen LogP contribution in [0.25, 0.3) is 44.2 Å². The topological polar surface area (TPSA) is 175 Å². The van der Waals surface area contributed by atoms with E-state index in [4.69, 9.17) is 19.4 Å². The summed E-state index contributed by atoms with van der Waals surface area (Å²) in [6.07, 6.45) is 4.13. The molecule has 3 fully saturated rings. The van der Waals surface area contributed by atoms with Crippen LogP contribution in [0.1, 0.15) is 88.7 Å². The number of nitrogens with one attached hydrogen (secondary N) is 4. The van der Waals surface area contributed by atoms with Crippen LogP contribution in [0.3, 0.4) is 0 Å². The molecule has 326 valence electrons. The lowest BCUT2D eigenvalue weighted by atomic mass is 9.96. The Bertz CT molecular complexity index is 2680. The van der Waals surface area contributed by atoms with Gasteiger partial charge in [0.1, 0.15) is 23.7 Å². The number of carbonyl (C=O) groups is 4. The molecule has 8 atom stereocenters. The van der Waals surface area contributed by atoms with Crippen molar-refractivity contribution >= 4 is 45.8 Å². The molecule has 6 aromatic rings. The van der Waals surface area contributed by atoms with Crippen LogP contribution in [0, 0.1) is 17.8 Å². The van der Waals surface area contributed by atoms with E-state index in [2.05, 4.69) is 83.0 Å². The highest BCUT2D eigenvalue weighted by atomic mass is 16.5. The molecule has 14 heteroatoms. The number of H-pyrrole nitrogens is 2. The number of fused-ring (bicyclic) bond motifs is 5. The maximum Gasteiger partial charge on any atom is 0.407 e. The highest BCUT2D eigenvalue weighted by molar-refractivity contribution is 6.05. The number of ether oxygens (including phenoxy) is 2. The summed E-state index contributed by atoms with van der Waals surface area (Å²) in [6, 6.07) is 26.1. The summed E-state index contributed by atoms with van der Waals surface area (Å²) >= 11 is 0. The van der Waals surface area contributed by atoms with Crippen LogP contribution in [-0.4, -0.2) is 86.1 Å². The van der Waals surface area contributed by atoms with Gasteiger partial charge in [0.15, 0.2) is 0 Å². The van der Waals surface area contributed by atoms with Crippen LogP contribution in [0.4, 0.5) is 9.59 Å². The number of benzene rings is 4. The van der Waals surface area contributed by atoms with E-state index in [0.29, 0.717) is 5.56 Å². The number of methoxy groups -OCH3 is 2. The van der Waals surface area contributed by atoms with Gasteiger partial charge in [-0.05, 0) is 90.1 Å². The molecule has 0 radical (unpaired) electrons. The smallest absolute Gasteiger partial charge is 0.407 e. The van der Waals surface area contributed by atoms with Crippen molar-refractivity contribution in [1.82, 2.24) is 40.4 Å². The van der Waals surface area contributed by atoms with Crippen molar-refractivity contribution in [2.75, 3.05) is 14.2 Å². The zero-order valence-electron chi connectivity index (χ0n) is 36.4. The monoisotopic (exact) mass is 850 g/mol. The van der Waals surface area contributed by atoms with Crippen LogP contribution >= 0.6 is 0 Å². The van der Waals surface area contributed by atoms with Crippen molar-refractivity contribution in [3.63, 3.8) is 0 Å². The minimum atomic E-state index is -0.879. The van der Waals surface area contributed by atoms with Crippen molar-refractivity contribution in [1.29, 1.82) is 0 Å².